The summed E-state index contributed by atoms with van der Waals surface area (Å²) in [6.45, 7) is 10.8. The smallest absolute Gasteiger partial charge is 0.112 e. The predicted molar refractivity (Wildman–Crippen MR) is 105 cm³/mol. The Morgan fingerprint density at radius 2 is 1.84 bits per heavy atom. The Bertz CT molecular complexity index is 521. The molecule has 3 unspecified atom stereocenters. The SMILES string of the molecule is C=C(/C=C/C=C/C1CCC(O)C(O)C1)OC/C=C(\C)CCC=C(C)C. The van der Waals surface area contributed by atoms with Crippen LogP contribution in [0, 0.1) is 5.92 Å². The second-order valence-electron chi connectivity index (χ2n) is 7.10. The van der Waals surface area contributed by atoms with Crippen molar-refractivity contribution in [2.75, 3.05) is 6.61 Å². The van der Waals surface area contributed by atoms with E-state index in [1.807, 2.05) is 18.2 Å². The van der Waals surface area contributed by atoms with Crippen molar-refractivity contribution in [1.29, 1.82) is 0 Å². The molecule has 0 amide bonds. The van der Waals surface area contributed by atoms with Gasteiger partial charge in [-0.25, -0.2) is 0 Å². The third-order valence-electron chi connectivity index (χ3n) is 4.39. The highest BCUT2D eigenvalue weighted by Gasteiger charge is 2.25. The third kappa shape index (κ3) is 10.1. The summed E-state index contributed by atoms with van der Waals surface area (Å²) in [5, 5.41) is 19.2. The van der Waals surface area contributed by atoms with Gasteiger partial charge in [-0.2, -0.15) is 0 Å². The van der Waals surface area contributed by atoms with Gasteiger partial charge < -0.3 is 14.9 Å². The molecule has 0 aromatic heterocycles. The molecule has 0 aromatic carbocycles. The highest BCUT2D eigenvalue weighted by atomic mass is 16.5. The Hall–Kier alpha value is -1.58. The fraction of sp³-hybridized carbons (Fsp3) is 0.545. The van der Waals surface area contributed by atoms with Crippen molar-refractivity contribution in [3.8, 4) is 0 Å². The van der Waals surface area contributed by atoms with Gasteiger partial charge in [0.15, 0.2) is 0 Å². The molecule has 1 fully saturated rings. The topological polar surface area (TPSA) is 49.7 Å². The summed E-state index contributed by atoms with van der Waals surface area (Å²) >= 11 is 0. The summed E-state index contributed by atoms with van der Waals surface area (Å²) in [5.41, 5.74) is 2.68. The van der Waals surface area contributed by atoms with Crippen LogP contribution in [-0.2, 0) is 4.74 Å². The van der Waals surface area contributed by atoms with E-state index in [-0.39, 0.29) is 0 Å². The first-order chi connectivity index (χ1) is 11.9. The molecule has 3 nitrogen and oxygen atoms in total. The van der Waals surface area contributed by atoms with Gasteiger partial charge in [0.1, 0.15) is 12.4 Å². The maximum atomic E-state index is 9.67. The molecule has 0 aromatic rings. The molecule has 0 bridgehead atoms. The van der Waals surface area contributed by atoms with Crippen LogP contribution >= 0.6 is 0 Å². The van der Waals surface area contributed by atoms with Crippen LogP contribution in [-0.4, -0.2) is 29.0 Å². The molecule has 0 heterocycles. The van der Waals surface area contributed by atoms with Gasteiger partial charge in [-0.1, -0.05) is 42.0 Å². The summed E-state index contributed by atoms with van der Waals surface area (Å²) in [7, 11) is 0. The number of aliphatic hydroxyl groups is 2. The molecule has 3 heteroatoms. The monoisotopic (exact) mass is 346 g/mol. The first kappa shape index (κ1) is 21.5. The van der Waals surface area contributed by atoms with Crippen LogP contribution in [0.4, 0.5) is 0 Å². The number of rotatable bonds is 9. The molecular weight excluding hydrogens is 312 g/mol. The molecule has 0 radical (unpaired) electrons. The summed E-state index contributed by atoms with van der Waals surface area (Å²) < 4.78 is 5.58. The molecule has 2 N–H and O–H groups in total. The standard InChI is InChI=1S/C22H34O3/c1-17(2)8-7-9-18(3)14-15-25-19(4)10-5-6-11-20-12-13-21(23)22(24)16-20/h5-6,8,10-11,14,20-24H,4,7,9,12-13,15-16H2,1-3H3/b10-5+,11-6+,18-14+. The summed E-state index contributed by atoms with van der Waals surface area (Å²) in [5.74, 6) is 0.959. The lowest BCUT2D eigenvalue weighted by atomic mass is 9.85. The zero-order valence-electron chi connectivity index (χ0n) is 15.9. The highest BCUT2D eigenvalue weighted by molar-refractivity contribution is 5.15. The summed E-state index contributed by atoms with van der Waals surface area (Å²) in [6, 6.07) is 0. The van der Waals surface area contributed by atoms with Gasteiger partial charge in [-0.15, -0.1) is 0 Å². The fourth-order valence-corrected chi connectivity index (χ4v) is 2.75. The maximum Gasteiger partial charge on any atom is 0.112 e. The summed E-state index contributed by atoms with van der Waals surface area (Å²) in [6.07, 6.45) is 15.3. The molecule has 3 atom stereocenters. The first-order valence-corrected chi connectivity index (χ1v) is 9.20. The van der Waals surface area contributed by atoms with E-state index >= 15 is 0 Å². The molecule has 1 aliphatic carbocycles. The zero-order valence-corrected chi connectivity index (χ0v) is 15.9. The Morgan fingerprint density at radius 1 is 1.08 bits per heavy atom. The lowest BCUT2D eigenvalue weighted by molar-refractivity contribution is -0.0189. The minimum atomic E-state index is -0.600. The molecule has 0 spiro atoms. The van der Waals surface area contributed by atoms with Crippen molar-refractivity contribution in [3.05, 3.63) is 59.9 Å². The lowest BCUT2D eigenvalue weighted by Crippen LogP contribution is -2.32. The van der Waals surface area contributed by atoms with Gasteiger partial charge in [-0.05, 0) is 70.9 Å². The average molecular weight is 347 g/mol. The lowest BCUT2D eigenvalue weighted by Gasteiger charge is -2.28. The molecular formula is C22H34O3. The highest BCUT2D eigenvalue weighted by Crippen LogP contribution is 2.25. The molecule has 1 aliphatic rings. The van der Waals surface area contributed by atoms with Gasteiger partial charge in [-0.3, -0.25) is 0 Å². The van der Waals surface area contributed by atoms with Gasteiger partial charge in [0.2, 0.25) is 0 Å². The second kappa shape index (κ2) is 11.9. The second-order valence-corrected chi connectivity index (χ2v) is 7.10. The largest absolute Gasteiger partial charge is 0.490 e. The van der Waals surface area contributed by atoms with Crippen LogP contribution in [0.3, 0.4) is 0 Å². The van der Waals surface area contributed by atoms with Crippen molar-refractivity contribution >= 4 is 0 Å². The van der Waals surface area contributed by atoms with Crippen LogP contribution in [0.2, 0.25) is 0 Å². The Balaban J connectivity index is 2.24. The number of ether oxygens (including phenoxy) is 1. The Labute approximate surface area is 153 Å². The number of aliphatic hydroxyl groups excluding tert-OH is 2. The van der Waals surface area contributed by atoms with E-state index in [9.17, 15) is 10.2 Å². The number of allylic oxidation sites excluding steroid dienone is 7. The normalized spacial score (nSPS) is 24.7. The van der Waals surface area contributed by atoms with E-state index in [1.54, 1.807) is 0 Å². The van der Waals surface area contributed by atoms with E-state index < -0.39 is 12.2 Å². The minimum absolute atomic E-state index is 0.323. The quantitative estimate of drug-likeness (QED) is 0.357. The molecule has 1 rings (SSSR count). The van der Waals surface area contributed by atoms with Gasteiger partial charge in [0.25, 0.3) is 0 Å². The number of hydrogen-bond acceptors (Lipinski definition) is 3. The Kier molecular flexibility index (Phi) is 10.2. The molecule has 1 saturated carbocycles. The van der Waals surface area contributed by atoms with Crippen LogP contribution in [0.25, 0.3) is 0 Å². The summed E-state index contributed by atoms with van der Waals surface area (Å²) in [4.78, 5) is 0. The van der Waals surface area contributed by atoms with Crippen LogP contribution in [0.1, 0.15) is 52.9 Å². The number of hydrogen-bond donors (Lipinski definition) is 2. The molecule has 0 saturated heterocycles. The Morgan fingerprint density at radius 3 is 2.52 bits per heavy atom. The fourth-order valence-electron chi connectivity index (χ4n) is 2.75. The first-order valence-electron chi connectivity index (χ1n) is 9.20. The molecule has 25 heavy (non-hydrogen) atoms. The third-order valence-corrected chi connectivity index (χ3v) is 4.39. The van der Waals surface area contributed by atoms with Gasteiger partial charge in [0, 0.05) is 0 Å². The van der Waals surface area contributed by atoms with E-state index in [0.29, 0.717) is 31.1 Å². The van der Waals surface area contributed by atoms with Gasteiger partial charge in [0.05, 0.1) is 12.2 Å². The van der Waals surface area contributed by atoms with E-state index in [1.165, 1.54) is 11.1 Å². The van der Waals surface area contributed by atoms with Crippen LogP contribution in [0.5, 0.6) is 0 Å². The van der Waals surface area contributed by atoms with E-state index in [2.05, 4.69) is 45.6 Å². The molecule has 140 valence electrons. The predicted octanol–water partition coefficient (Wildman–Crippen LogP) is 4.84. The zero-order chi connectivity index (χ0) is 18.7. The van der Waals surface area contributed by atoms with Crippen LogP contribution < -0.4 is 0 Å². The van der Waals surface area contributed by atoms with E-state index in [4.69, 9.17) is 4.74 Å². The van der Waals surface area contributed by atoms with Crippen molar-refractivity contribution in [2.24, 2.45) is 5.92 Å². The van der Waals surface area contributed by atoms with E-state index in [0.717, 1.165) is 19.3 Å². The molecule has 0 aliphatic heterocycles. The van der Waals surface area contributed by atoms with Crippen molar-refractivity contribution in [2.45, 2.75) is 65.1 Å². The van der Waals surface area contributed by atoms with Crippen molar-refractivity contribution in [1.82, 2.24) is 0 Å². The van der Waals surface area contributed by atoms with Gasteiger partial charge >= 0.3 is 0 Å². The van der Waals surface area contributed by atoms with Crippen molar-refractivity contribution < 1.29 is 14.9 Å². The average Bonchev–Trinajstić information content (AvgIpc) is 2.54. The van der Waals surface area contributed by atoms with Crippen LogP contribution in [0.15, 0.2) is 59.9 Å². The van der Waals surface area contributed by atoms with Crippen molar-refractivity contribution in [3.63, 3.8) is 0 Å². The minimum Gasteiger partial charge on any atom is -0.490 e. The maximum absolute atomic E-state index is 9.67.